The lowest BCUT2D eigenvalue weighted by Crippen LogP contribution is -2.63. The maximum atomic E-state index is 6.24. The zero-order chi connectivity index (χ0) is 24.1. The summed E-state index contributed by atoms with van der Waals surface area (Å²) in [5.74, 6) is 0. The van der Waals surface area contributed by atoms with Gasteiger partial charge in [-0.25, -0.2) is 0 Å². The predicted octanol–water partition coefficient (Wildman–Crippen LogP) is 4.45. The van der Waals surface area contributed by atoms with Crippen molar-refractivity contribution in [2.45, 2.75) is 75.9 Å². The Hall–Kier alpha value is -1.10. The van der Waals surface area contributed by atoms with E-state index < -0.39 is 27.0 Å². The topological polar surface area (TPSA) is 64.6 Å². The Morgan fingerprint density at radius 2 is 1.64 bits per heavy atom. The lowest BCUT2D eigenvalue weighted by Gasteiger charge is -2.48. The van der Waals surface area contributed by atoms with Crippen LogP contribution in [0.15, 0.2) is 42.5 Å². The normalized spacial score (nSPS) is 31.0. The Bertz CT molecular complexity index is 749. The van der Waals surface area contributed by atoms with Crippen molar-refractivity contribution in [3.05, 3.63) is 48.0 Å². The number of methoxy groups -OCH3 is 2. The molecule has 8 heteroatoms. The van der Waals surface area contributed by atoms with Crippen LogP contribution in [0.1, 0.15) is 32.6 Å². The Labute approximate surface area is 199 Å². The fourth-order valence-electron chi connectivity index (χ4n) is 3.74. The third kappa shape index (κ3) is 6.52. The van der Waals surface area contributed by atoms with Gasteiger partial charge in [0.1, 0.15) is 24.4 Å². The predicted molar refractivity (Wildman–Crippen MR) is 129 cm³/mol. The molecule has 1 aromatic carbocycles. The maximum Gasteiger partial charge on any atom is 0.192 e. The first-order chi connectivity index (χ1) is 15.7. The second kappa shape index (κ2) is 11.6. The number of fused-ring (bicyclic) bond motifs is 1. The number of hydrogen-bond donors (Lipinski definition) is 0. The summed E-state index contributed by atoms with van der Waals surface area (Å²) in [6.45, 7) is 12.5. The highest BCUT2D eigenvalue weighted by Gasteiger charge is 2.51. The summed E-state index contributed by atoms with van der Waals surface area (Å²) in [6, 6.07) is 9.86. The van der Waals surface area contributed by atoms with Crippen LogP contribution in [0.4, 0.5) is 0 Å². The number of ether oxygens (including phenoxy) is 6. The molecule has 2 heterocycles. The van der Waals surface area contributed by atoms with Crippen molar-refractivity contribution in [3.63, 3.8) is 0 Å². The average molecular weight is 481 g/mol. The van der Waals surface area contributed by atoms with Gasteiger partial charge in [-0.05, 0) is 18.1 Å². The first kappa shape index (κ1) is 26.5. The Kier molecular flexibility index (Phi) is 9.28. The van der Waals surface area contributed by atoms with Crippen LogP contribution in [0, 0.1) is 0 Å². The van der Waals surface area contributed by atoms with Gasteiger partial charge >= 0.3 is 0 Å². The Balaban J connectivity index is 1.55. The highest BCUT2D eigenvalue weighted by Crippen LogP contribution is 2.37. The van der Waals surface area contributed by atoms with Crippen molar-refractivity contribution in [1.82, 2.24) is 0 Å². The molecule has 0 saturated carbocycles. The van der Waals surface area contributed by atoms with Gasteiger partial charge in [0.25, 0.3) is 0 Å². The fraction of sp³-hybridized carbons (Fsp3) is 0.680. The first-order valence-electron chi connectivity index (χ1n) is 11.6. The quantitative estimate of drug-likeness (QED) is 0.382. The van der Waals surface area contributed by atoms with E-state index in [1.165, 1.54) is 0 Å². The molecular formula is C25H40O7Si. The van der Waals surface area contributed by atoms with E-state index in [4.69, 9.17) is 32.8 Å². The van der Waals surface area contributed by atoms with Gasteiger partial charge in [-0.15, -0.1) is 0 Å². The van der Waals surface area contributed by atoms with Crippen LogP contribution in [-0.4, -0.2) is 73.1 Å². The van der Waals surface area contributed by atoms with Crippen LogP contribution in [0.25, 0.3) is 0 Å². The van der Waals surface area contributed by atoms with E-state index >= 15 is 0 Å². The molecule has 33 heavy (non-hydrogen) atoms. The van der Waals surface area contributed by atoms with E-state index in [1.807, 2.05) is 42.5 Å². The van der Waals surface area contributed by atoms with Crippen LogP contribution < -0.4 is 0 Å². The van der Waals surface area contributed by atoms with E-state index in [0.717, 1.165) is 5.56 Å². The molecule has 2 saturated heterocycles. The summed E-state index contributed by atoms with van der Waals surface area (Å²) >= 11 is 0. The van der Waals surface area contributed by atoms with Crippen molar-refractivity contribution in [2.24, 2.45) is 0 Å². The molecule has 0 amide bonds. The monoisotopic (exact) mass is 480 g/mol. The van der Waals surface area contributed by atoms with E-state index in [-0.39, 0.29) is 23.4 Å². The molecule has 0 bridgehead atoms. The van der Waals surface area contributed by atoms with Crippen LogP contribution >= 0.6 is 0 Å². The molecule has 3 rings (SSSR count). The second-order valence-corrected chi connectivity index (χ2v) is 14.8. The van der Waals surface area contributed by atoms with Gasteiger partial charge < -0.3 is 32.8 Å². The van der Waals surface area contributed by atoms with Gasteiger partial charge in [0.05, 0.1) is 19.8 Å². The number of benzene rings is 1. The lowest BCUT2D eigenvalue weighted by molar-refractivity contribution is -0.364. The Morgan fingerprint density at radius 3 is 2.27 bits per heavy atom. The second-order valence-electron chi connectivity index (χ2n) is 10.00. The Morgan fingerprint density at radius 1 is 0.970 bits per heavy atom. The maximum absolute atomic E-state index is 6.24. The molecule has 2 fully saturated rings. The van der Waals surface area contributed by atoms with Gasteiger partial charge in [-0.1, -0.05) is 63.3 Å². The molecule has 0 aliphatic carbocycles. The first-order valence-corrected chi connectivity index (χ1v) is 14.5. The fourth-order valence-corrected chi connectivity index (χ4v) is 4.68. The molecule has 3 unspecified atom stereocenters. The molecule has 1 aromatic rings. The lowest BCUT2D eigenvalue weighted by atomic mass is 9.97. The van der Waals surface area contributed by atoms with Gasteiger partial charge in [0.2, 0.25) is 0 Å². The highest BCUT2D eigenvalue weighted by atomic mass is 28.4. The molecule has 2 aliphatic rings. The van der Waals surface area contributed by atoms with Gasteiger partial charge in [-0.3, -0.25) is 0 Å². The minimum atomic E-state index is -1.76. The SMILES string of the molecule is COC1[C@H](OC/C=C\CO[Si](C)(C)C(C)(C)C)OC2COC(c3ccccc3)O[C@H]2[C@@H]1OC. The van der Waals surface area contributed by atoms with E-state index in [0.29, 0.717) is 19.8 Å². The van der Waals surface area contributed by atoms with Crippen LogP contribution in [0.5, 0.6) is 0 Å². The molecule has 0 N–H and O–H groups in total. The van der Waals surface area contributed by atoms with Gasteiger partial charge in [0, 0.05) is 19.8 Å². The summed E-state index contributed by atoms with van der Waals surface area (Å²) in [6.07, 6.45) is 1.49. The summed E-state index contributed by atoms with van der Waals surface area (Å²) in [4.78, 5) is 0. The molecule has 186 valence electrons. The number of hydrogen-bond acceptors (Lipinski definition) is 7. The molecule has 0 aromatic heterocycles. The third-order valence-corrected chi connectivity index (χ3v) is 11.3. The van der Waals surface area contributed by atoms with Crippen molar-refractivity contribution >= 4 is 8.32 Å². The molecule has 2 aliphatic heterocycles. The third-order valence-electron chi connectivity index (χ3n) is 6.77. The largest absolute Gasteiger partial charge is 0.413 e. The summed E-state index contributed by atoms with van der Waals surface area (Å²) in [7, 11) is 1.53. The van der Waals surface area contributed by atoms with Gasteiger partial charge in [0.15, 0.2) is 20.9 Å². The summed E-state index contributed by atoms with van der Waals surface area (Å²) in [5, 5.41) is 0.189. The van der Waals surface area contributed by atoms with Crippen molar-refractivity contribution in [1.29, 1.82) is 0 Å². The molecule has 7 nitrogen and oxygen atoms in total. The zero-order valence-corrected chi connectivity index (χ0v) is 22.0. The van der Waals surface area contributed by atoms with E-state index in [9.17, 15) is 0 Å². The summed E-state index contributed by atoms with van der Waals surface area (Å²) < 4.78 is 42.0. The zero-order valence-electron chi connectivity index (χ0n) is 21.0. The summed E-state index contributed by atoms with van der Waals surface area (Å²) in [5.41, 5.74) is 0.961. The van der Waals surface area contributed by atoms with Crippen molar-refractivity contribution in [3.8, 4) is 0 Å². The van der Waals surface area contributed by atoms with Crippen LogP contribution in [0.2, 0.25) is 18.1 Å². The number of rotatable bonds is 9. The average Bonchev–Trinajstić information content (AvgIpc) is 2.79. The molecule has 0 radical (unpaired) electrons. The molecule has 6 atom stereocenters. The van der Waals surface area contributed by atoms with Crippen molar-refractivity contribution in [2.75, 3.05) is 34.0 Å². The van der Waals surface area contributed by atoms with Crippen LogP contribution in [-0.2, 0) is 32.8 Å². The minimum absolute atomic E-state index is 0.189. The van der Waals surface area contributed by atoms with Gasteiger partial charge in [-0.2, -0.15) is 0 Å². The van der Waals surface area contributed by atoms with Crippen LogP contribution in [0.3, 0.4) is 0 Å². The standard InChI is InChI=1S/C25H40O7Si/c1-25(2,3)33(6,7)30-16-12-11-15-28-24-22(27-5)21(26-4)20-19(31-24)17-29-23(32-20)18-13-9-8-10-14-18/h8-14,19-24H,15-17H2,1-7H3/b12-11-/t19?,20-,21+,22?,23?,24-/m1/s1. The highest BCUT2D eigenvalue weighted by molar-refractivity contribution is 6.74. The van der Waals surface area contributed by atoms with Crippen molar-refractivity contribution < 1.29 is 32.8 Å². The molecular weight excluding hydrogens is 440 g/mol. The van der Waals surface area contributed by atoms with E-state index in [1.54, 1.807) is 14.2 Å². The minimum Gasteiger partial charge on any atom is -0.413 e. The smallest absolute Gasteiger partial charge is 0.192 e. The van der Waals surface area contributed by atoms with E-state index in [2.05, 4.69) is 33.9 Å². The molecule has 0 spiro atoms.